The second-order valence-electron chi connectivity index (χ2n) is 3.79. The van der Waals surface area contributed by atoms with Crippen LogP contribution in [0.4, 0.5) is 8.78 Å². The molecule has 0 bridgehead atoms. The Bertz CT molecular complexity index is 500. The minimum atomic E-state index is -1.58. The molecule has 0 saturated carbocycles. The molecule has 0 amide bonds. The molecule has 96 valence electrons. The fourth-order valence-corrected chi connectivity index (χ4v) is 3.67. The van der Waals surface area contributed by atoms with Crippen LogP contribution in [-0.4, -0.2) is 10.7 Å². The first kappa shape index (κ1) is 13.5. The Hall–Kier alpha value is -0.940. The predicted molar refractivity (Wildman–Crippen MR) is 74.5 cm³/mol. The maximum atomic E-state index is 11.8. The maximum absolute atomic E-state index is 11.8. The predicted octanol–water partition coefficient (Wildman–Crippen LogP) is 5.34. The molecule has 0 saturated heterocycles. The average Bonchev–Trinajstić information content (AvgIpc) is 2.75. The highest BCUT2D eigenvalue weighted by molar-refractivity contribution is 8.01. The van der Waals surface area contributed by atoms with Crippen LogP contribution < -0.4 is 0 Å². The summed E-state index contributed by atoms with van der Waals surface area (Å²) in [4.78, 5) is 4.51. The molecule has 0 spiro atoms. The van der Waals surface area contributed by atoms with E-state index in [9.17, 15) is 8.78 Å². The number of aromatic nitrogens is 1. The van der Waals surface area contributed by atoms with E-state index in [-0.39, 0.29) is 0 Å². The van der Waals surface area contributed by atoms with Gasteiger partial charge in [0, 0.05) is 5.75 Å². The molecule has 1 nitrogen and oxygen atoms in total. The van der Waals surface area contributed by atoms with Crippen LogP contribution >= 0.6 is 23.1 Å². The van der Waals surface area contributed by atoms with E-state index in [2.05, 4.69) is 11.1 Å². The van der Waals surface area contributed by atoms with Crippen LogP contribution in [0.25, 0.3) is 10.2 Å². The van der Waals surface area contributed by atoms with Gasteiger partial charge >= 0.3 is 0 Å². The Morgan fingerprint density at radius 3 is 2.89 bits per heavy atom. The molecule has 0 atom stereocenters. The van der Waals surface area contributed by atoms with Gasteiger partial charge in [-0.2, -0.15) is 8.78 Å². The lowest BCUT2D eigenvalue weighted by molar-refractivity contribution is 0.417. The molecule has 0 unspecified atom stereocenters. The number of fused-ring (bicyclic) bond motifs is 1. The number of thioether (sulfide) groups is 1. The van der Waals surface area contributed by atoms with Crippen molar-refractivity contribution in [1.82, 2.24) is 4.98 Å². The zero-order valence-corrected chi connectivity index (χ0v) is 11.4. The van der Waals surface area contributed by atoms with Crippen LogP contribution in [0.5, 0.6) is 0 Å². The van der Waals surface area contributed by atoms with E-state index in [1.807, 2.05) is 18.2 Å². The van der Waals surface area contributed by atoms with Crippen LogP contribution in [-0.2, 0) is 0 Å². The molecule has 0 radical (unpaired) electrons. The van der Waals surface area contributed by atoms with Gasteiger partial charge in [-0.3, -0.25) is 0 Å². The van der Waals surface area contributed by atoms with Gasteiger partial charge in [-0.25, -0.2) is 4.98 Å². The maximum Gasteiger partial charge on any atom is 0.266 e. The molecule has 1 aromatic heterocycles. The first-order valence-corrected chi connectivity index (χ1v) is 7.55. The van der Waals surface area contributed by atoms with Crippen molar-refractivity contribution < 1.29 is 8.78 Å². The van der Waals surface area contributed by atoms with Gasteiger partial charge in [-0.05, 0) is 37.5 Å². The smallest absolute Gasteiger partial charge is 0.230 e. The van der Waals surface area contributed by atoms with Gasteiger partial charge in [-0.15, -0.1) is 11.3 Å². The van der Waals surface area contributed by atoms with Crippen molar-refractivity contribution in [3.63, 3.8) is 0 Å². The Labute approximate surface area is 113 Å². The Morgan fingerprint density at radius 1 is 1.28 bits per heavy atom. The van der Waals surface area contributed by atoms with Gasteiger partial charge < -0.3 is 0 Å². The standard InChI is InChI=1S/C13H13F2NS2/c14-12(15)8-2-1-5-9-17-13-16-10-6-3-4-7-11(10)18-13/h3-4,6-8H,1-2,5,9H2. The highest BCUT2D eigenvalue weighted by Gasteiger charge is 2.02. The van der Waals surface area contributed by atoms with E-state index in [0.29, 0.717) is 6.42 Å². The molecule has 5 heteroatoms. The number of unbranched alkanes of at least 4 members (excludes halogenated alkanes) is 2. The Kier molecular flexibility index (Phi) is 5.13. The van der Waals surface area contributed by atoms with Crippen LogP contribution in [0.15, 0.2) is 40.8 Å². The Balaban J connectivity index is 1.75. The molecule has 0 aliphatic carbocycles. The van der Waals surface area contributed by atoms with Crippen molar-refractivity contribution in [2.24, 2.45) is 0 Å². The van der Waals surface area contributed by atoms with E-state index in [1.54, 1.807) is 23.1 Å². The van der Waals surface area contributed by atoms with Crippen LogP contribution in [0.3, 0.4) is 0 Å². The third-order valence-corrected chi connectivity index (χ3v) is 4.66. The number of thiazole rings is 1. The molecular formula is C13H13F2NS2. The van der Waals surface area contributed by atoms with E-state index in [4.69, 9.17) is 0 Å². The van der Waals surface area contributed by atoms with Gasteiger partial charge in [0.25, 0.3) is 6.08 Å². The van der Waals surface area contributed by atoms with Gasteiger partial charge in [0.2, 0.25) is 0 Å². The normalized spacial score (nSPS) is 10.8. The zero-order valence-electron chi connectivity index (χ0n) is 9.73. The minimum Gasteiger partial charge on any atom is -0.230 e. The molecular weight excluding hydrogens is 272 g/mol. The SMILES string of the molecule is FC(F)=CCCCCSc1nc2ccccc2s1. The second kappa shape index (κ2) is 6.85. The lowest BCUT2D eigenvalue weighted by Gasteiger charge is -1.95. The van der Waals surface area contributed by atoms with Crippen LogP contribution in [0.2, 0.25) is 0 Å². The third-order valence-electron chi connectivity index (χ3n) is 2.40. The average molecular weight is 285 g/mol. The summed E-state index contributed by atoms with van der Waals surface area (Å²) in [5, 5.41) is 0. The van der Waals surface area contributed by atoms with Crippen molar-refractivity contribution in [3.05, 3.63) is 36.4 Å². The summed E-state index contributed by atoms with van der Waals surface area (Å²) < 4.78 is 25.8. The summed E-state index contributed by atoms with van der Waals surface area (Å²) in [5.41, 5.74) is 1.03. The number of para-hydroxylation sites is 1. The topological polar surface area (TPSA) is 12.9 Å². The van der Waals surface area contributed by atoms with E-state index < -0.39 is 6.08 Å². The number of nitrogens with zero attached hydrogens (tertiary/aromatic N) is 1. The highest BCUT2D eigenvalue weighted by atomic mass is 32.2. The summed E-state index contributed by atoms with van der Waals surface area (Å²) in [6.45, 7) is 0. The molecule has 1 aromatic carbocycles. The van der Waals surface area contributed by atoms with Gasteiger partial charge in [-0.1, -0.05) is 23.9 Å². The molecule has 0 aliphatic rings. The molecule has 2 aromatic rings. The number of hydrogen-bond acceptors (Lipinski definition) is 3. The van der Waals surface area contributed by atoms with Crippen LogP contribution in [0.1, 0.15) is 19.3 Å². The summed E-state index contributed by atoms with van der Waals surface area (Å²) in [5.74, 6) is 0.932. The zero-order chi connectivity index (χ0) is 12.8. The number of hydrogen-bond donors (Lipinski definition) is 0. The lowest BCUT2D eigenvalue weighted by Crippen LogP contribution is -1.80. The van der Waals surface area contributed by atoms with E-state index >= 15 is 0 Å². The van der Waals surface area contributed by atoms with Gasteiger partial charge in [0.1, 0.15) is 0 Å². The fraction of sp³-hybridized carbons (Fsp3) is 0.308. The summed E-state index contributed by atoms with van der Waals surface area (Å²) >= 11 is 3.39. The lowest BCUT2D eigenvalue weighted by atomic mass is 10.2. The number of benzene rings is 1. The quantitative estimate of drug-likeness (QED) is 0.525. The van der Waals surface area contributed by atoms with Crippen molar-refractivity contribution in [3.8, 4) is 0 Å². The minimum absolute atomic E-state index is 0.461. The Morgan fingerprint density at radius 2 is 2.11 bits per heavy atom. The monoisotopic (exact) mass is 285 g/mol. The number of rotatable bonds is 6. The summed E-state index contributed by atoms with van der Waals surface area (Å²) in [6.07, 6.45) is 1.61. The highest BCUT2D eigenvalue weighted by Crippen LogP contribution is 2.29. The van der Waals surface area contributed by atoms with Crippen molar-refractivity contribution in [2.45, 2.75) is 23.6 Å². The molecule has 0 aliphatic heterocycles. The van der Waals surface area contributed by atoms with Crippen molar-refractivity contribution in [1.29, 1.82) is 0 Å². The molecule has 0 fully saturated rings. The second-order valence-corrected chi connectivity index (χ2v) is 6.16. The number of halogens is 2. The van der Waals surface area contributed by atoms with Crippen molar-refractivity contribution >= 4 is 33.3 Å². The summed E-state index contributed by atoms with van der Waals surface area (Å²) in [6, 6.07) is 8.05. The molecule has 0 N–H and O–H groups in total. The summed E-state index contributed by atoms with van der Waals surface area (Å²) in [7, 11) is 0. The molecule has 18 heavy (non-hydrogen) atoms. The van der Waals surface area contributed by atoms with E-state index in [1.165, 1.54) is 4.70 Å². The fourth-order valence-electron chi connectivity index (χ4n) is 1.53. The first-order chi connectivity index (χ1) is 8.75. The third kappa shape index (κ3) is 4.07. The largest absolute Gasteiger partial charge is 0.266 e. The van der Waals surface area contributed by atoms with Gasteiger partial charge in [0.05, 0.1) is 10.2 Å². The van der Waals surface area contributed by atoms with Crippen molar-refractivity contribution in [2.75, 3.05) is 5.75 Å². The van der Waals surface area contributed by atoms with Gasteiger partial charge in [0.15, 0.2) is 4.34 Å². The van der Waals surface area contributed by atoms with Crippen LogP contribution in [0, 0.1) is 0 Å². The van der Waals surface area contributed by atoms with E-state index in [0.717, 1.165) is 34.5 Å². The number of allylic oxidation sites excluding steroid dienone is 1. The molecule has 1 heterocycles. The molecule has 2 rings (SSSR count). The first-order valence-electron chi connectivity index (χ1n) is 5.75.